The van der Waals surface area contributed by atoms with E-state index in [1.165, 1.54) is 4.90 Å². The second-order valence-corrected chi connectivity index (χ2v) is 15.6. The molecular weight excluding hydrogens is 629 g/mol. The van der Waals surface area contributed by atoms with Crippen molar-refractivity contribution >= 4 is 50.7 Å². The first kappa shape index (κ1) is 34.8. The summed E-state index contributed by atoms with van der Waals surface area (Å²) in [5.41, 5.74) is 2.83. The number of benzene rings is 3. The van der Waals surface area contributed by atoms with E-state index in [9.17, 15) is 18.0 Å². The summed E-state index contributed by atoms with van der Waals surface area (Å²) in [7, 11) is -3.86. The van der Waals surface area contributed by atoms with Crippen molar-refractivity contribution in [2.45, 2.75) is 83.3 Å². The third-order valence-corrected chi connectivity index (χ3v) is 10.1. The largest absolute Gasteiger partial charge is 0.352 e. The van der Waals surface area contributed by atoms with E-state index in [-0.39, 0.29) is 30.3 Å². The van der Waals surface area contributed by atoms with Gasteiger partial charge in [0.2, 0.25) is 21.8 Å². The van der Waals surface area contributed by atoms with Gasteiger partial charge in [0, 0.05) is 19.0 Å². The summed E-state index contributed by atoms with van der Waals surface area (Å²) in [6, 6.07) is 20.9. The van der Waals surface area contributed by atoms with Gasteiger partial charge in [-0.1, -0.05) is 112 Å². The van der Waals surface area contributed by atoms with Gasteiger partial charge in [-0.2, -0.15) is 0 Å². The van der Waals surface area contributed by atoms with Gasteiger partial charge >= 0.3 is 0 Å². The minimum atomic E-state index is -3.86. The number of sulfonamides is 1. The fourth-order valence-corrected chi connectivity index (χ4v) is 6.84. The number of halogens is 2. The van der Waals surface area contributed by atoms with E-state index in [0.717, 1.165) is 53.8 Å². The molecule has 2 amide bonds. The molecule has 1 saturated carbocycles. The van der Waals surface area contributed by atoms with E-state index in [4.69, 9.17) is 23.2 Å². The molecule has 10 heteroatoms. The van der Waals surface area contributed by atoms with E-state index in [1.807, 2.05) is 42.5 Å². The fraction of sp³-hybridized carbons (Fsp3) is 0.429. The SMILES string of the molecule is CC(C)(C)c1ccc(N(CC(=O)N(Cc2ccc(Cl)c(Cl)c2)[C@@H](Cc2ccccc2)C(=O)NC2CCCCC2)S(C)(=O)=O)cc1. The second kappa shape index (κ2) is 15.0. The summed E-state index contributed by atoms with van der Waals surface area (Å²) < 4.78 is 27.3. The van der Waals surface area contributed by atoms with Crippen molar-refractivity contribution in [3.63, 3.8) is 0 Å². The Morgan fingerprint density at radius 2 is 1.53 bits per heavy atom. The smallest absolute Gasteiger partial charge is 0.244 e. The van der Waals surface area contributed by atoms with Gasteiger partial charge < -0.3 is 10.2 Å². The van der Waals surface area contributed by atoms with Gasteiger partial charge in [0.05, 0.1) is 22.0 Å². The summed E-state index contributed by atoms with van der Waals surface area (Å²) in [6.45, 7) is 5.78. The van der Waals surface area contributed by atoms with Crippen molar-refractivity contribution in [2.24, 2.45) is 0 Å². The normalized spacial score (nSPS) is 14.9. The first-order valence-corrected chi connectivity index (χ1v) is 18.0. The average molecular weight is 673 g/mol. The minimum Gasteiger partial charge on any atom is -0.352 e. The quantitative estimate of drug-likeness (QED) is 0.235. The molecule has 45 heavy (non-hydrogen) atoms. The van der Waals surface area contributed by atoms with Crippen LogP contribution in [0.5, 0.6) is 0 Å². The van der Waals surface area contributed by atoms with Crippen molar-refractivity contribution in [2.75, 3.05) is 17.1 Å². The van der Waals surface area contributed by atoms with Gasteiger partial charge in [-0.3, -0.25) is 13.9 Å². The van der Waals surface area contributed by atoms with Crippen LogP contribution in [0.25, 0.3) is 0 Å². The van der Waals surface area contributed by atoms with Gasteiger partial charge in [-0.05, 0) is 59.2 Å². The molecule has 3 aromatic carbocycles. The Labute approximate surface area is 278 Å². The van der Waals surface area contributed by atoms with Gasteiger partial charge in [-0.25, -0.2) is 8.42 Å². The van der Waals surface area contributed by atoms with Crippen LogP contribution in [0.3, 0.4) is 0 Å². The van der Waals surface area contributed by atoms with E-state index < -0.39 is 28.5 Å². The van der Waals surface area contributed by atoms with E-state index in [1.54, 1.807) is 30.3 Å². The topological polar surface area (TPSA) is 86.8 Å². The zero-order valence-electron chi connectivity index (χ0n) is 26.4. The fourth-order valence-electron chi connectivity index (χ4n) is 5.67. The zero-order valence-corrected chi connectivity index (χ0v) is 28.8. The summed E-state index contributed by atoms with van der Waals surface area (Å²) in [5.74, 6) is -0.772. The van der Waals surface area contributed by atoms with E-state index in [2.05, 4.69) is 26.1 Å². The van der Waals surface area contributed by atoms with Crippen molar-refractivity contribution in [3.8, 4) is 0 Å². The molecular formula is C35H43Cl2N3O4S. The minimum absolute atomic E-state index is 0.0281. The van der Waals surface area contributed by atoms with Crippen molar-refractivity contribution < 1.29 is 18.0 Å². The van der Waals surface area contributed by atoms with E-state index >= 15 is 0 Å². The Bertz CT molecular complexity index is 1570. The highest BCUT2D eigenvalue weighted by Crippen LogP contribution is 2.28. The molecule has 0 saturated heterocycles. The van der Waals surface area contributed by atoms with Crippen molar-refractivity contribution in [1.29, 1.82) is 0 Å². The van der Waals surface area contributed by atoms with Crippen molar-refractivity contribution in [1.82, 2.24) is 10.2 Å². The molecule has 7 nitrogen and oxygen atoms in total. The molecule has 0 bridgehead atoms. The number of amides is 2. The number of nitrogens with zero attached hydrogens (tertiary/aromatic N) is 2. The summed E-state index contributed by atoms with van der Waals surface area (Å²) in [5, 5.41) is 3.90. The lowest BCUT2D eigenvalue weighted by molar-refractivity contribution is -0.140. The number of carbonyl (C=O) groups excluding carboxylic acids is 2. The number of nitrogens with one attached hydrogen (secondary N) is 1. The van der Waals surface area contributed by atoms with Crippen LogP contribution in [-0.2, 0) is 38.0 Å². The van der Waals surface area contributed by atoms with Gasteiger partial charge in [0.25, 0.3) is 0 Å². The monoisotopic (exact) mass is 671 g/mol. The molecule has 0 heterocycles. The highest BCUT2D eigenvalue weighted by molar-refractivity contribution is 7.92. The first-order valence-electron chi connectivity index (χ1n) is 15.4. The third-order valence-electron chi connectivity index (χ3n) is 8.26. The molecule has 1 aliphatic carbocycles. The zero-order chi connectivity index (χ0) is 32.8. The Morgan fingerprint density at radius 3 is 2.11 bits per heavy atom. The van der Waals surface area contributed by atoms with Crippen molar-refractivity contribution in [3.05, 3.63) is 99.5 Å². The molecule has 242 valence electrons. The van der Waals surface area contributed by atoms with Crippen LogP contribution in [0.15, 0.2) is 72.8 Å². The van der Waals surface area contributed by atoms with Crippen LogP contribution in [0.4, 0.5) is 5.69 Å². The highest BCUT2D eigenvalue weighted by Gasteiger charge is 2.34. The lowest BCUT2D eigenvalue weighted by Crippen LogP contribution is -2.55. The maximum Gasteiger partial charge on any atom is 0.244 e. The molecule has 1 aliphatic rings. The number of anilines is 1. The summed E-state index contributed by atoms with van der Waals surface area (Å²) in [6.07, 6.45) is 6.33. The number of rotatable bonds is 11. The predicted octanol–water partition coefficient (Wildman–Crippen LogP) is 7.15. The maximum atomic E-state index is 14.4. The first-order chi connectivity index (χ1) is 21.2. The molecule has 0 radical (unpaired) electrons. The van der Waals surface area contributed by atoms with Crippen LogP contribution in [-0.4, -0.2) is 50.0 Å². The molecule has 1 N–H and O–H groups in total. The Kier molecular flexibility index (Phi) is 11.6. The molecule has 1 fully saturated rings. The Balaban J connectivity index is 1.73. The Morgan fingerprint density at radius 1 is 0.889 bits per heavy atom. The summed E-state index contributed by atoms with van der Waals surface area (Å²) in [4.78, 5) is 29.9. The van der Waals surface area contributed by atoms with Crippen LogP contribution >= 0.6 is 23.2 Å². The molecule has 1 atom stereocenters. The lowest BCUT2D eigenvalue weighted by atomic mass is 9.87. The molecule has 3 aromatic rings. The molecule has 4 rings (SSSR count). The number of hydrogen-bond donors (Lipinski definition) is 1. The van der Waals surface area contributed by atoms with Crippen LogP contribution < -0.4 is 9.62 Å². The number of carbonyl (C=O) groups is 2. The predicted molar refractivity (Wildman–Crippen MR) is 183 cm³/mol. The molecule has 0 aromatic heterocycles. The number of hydrogen-bond acceptors (Lipinski definition) is 4. The van der Waals surface area contributed by atoms with Gasteiger partial charge in [-0.15, -0.1) is 0 Å². The molecule has 0 spiro atoms. The van der Waals surface area contributed by atoms with Crippen LogP contribution in [0.2, 0.25) is 10.0 Å². The summed E-state index contributed by atoms with van der Waals surface area (Å²) >= 11 is 12.5. The second-order valence-electron chi connectivity index (χ2n) is 12.9. The highest BCUT2D eigenvalue weighted by atomic mass is 35.5. The maximum absolute atomic E-state index is 14.4. The van der Waals surface area contributed by atoms with E-state index in [0.29, 0.717) is 21.3 Å². The van der Waals surface area contributed by atoms with Gasteiger partial charge in [0.1, 0.15) is 12.6 Å². The van der Waals surface area contributed by atoms with Crippen LogP contribution in [0.1, 0.15) is 69.6 Å². The Hall–Kier alpha value is -3.07. The molecule has 0 unspecified atom stereocenters. The molecule has 0 aliphatic heterocycles. The lowest BCUT2D eigenvalue weighted by Gasteiger charge is -2.35. The third kappa shape index (κ3) is 9.71. The van der Waals surface area contributed by atoms with Gasteiger partial charge in [0.15, 0.2) is 0 Å². The van der Waals surface area contributed by atoms with Crippen LogP contribution in [0, 0.1) is 0 Å². The standard InChI is InChI=1S/C35H43Cl2N3O4S/c1-35(2,3)27-16-18-29(19-17-27)40(45(4,43)44)24-33(41)39(23-26-15-20-30(36)31(37)21-26)32(22-25-11-7-5-8-12-25)34(42)38-28-13-9-6-10-14-28/h5,7-8,11-12,15-21,28,32H,6,9-10,13-14,22-24H2,1-4H3,(H,38,42)/t32-/m0/s1. The average Bonchev–Trinajstić information content (AvgIpc) is 2.99.